The Balaban J connectivity index is 2.44. The second-order valence-corrected chi connectivity index (χ2v) is 4.43. The monoisotopic (exact) mass is 215 g/mol. The molecule has 16 heavy (non-hydrogen) atoms. The SMILES string of the molecule is CC(O)CC(C)c1cccc2cnccc12. The third kappa shape index (κ3) is 2.22. The fourth-order valence-electron chi connectivity index (χ4n) is 2.22. The van der Waals surface area contributed by atoms with Gasteiger partial charge in [0.15, 0.2) is 0 Å². The third-order valence-electron chi connectivity index (χ3n) is 2.94. The molecule has 2 heteroatoms. The highest BCUT2D eigenvalue weighted by molar-refractivity contribution is 5.85. The highest BCUT2D eigenvalue weighted by Gasteiger charge is 2.11. The summed E-state index contributed by atoms with van der Waals surface area (Å²) in [5.74, 6) is 0.367. The molecule has 0 radical (unpaired) electrons. The van der Waals surface area contributed by atoms with E-state index in [-0.39, 0.29) is 6.10 Å². The molecule has 0 amide bonds. The molecule has 0 aliphatic heterocycles. The van der Waals surface area contributed by atoms with Gasteiger partial charge < -0.3 is 5.11 Å². The fourth-order valence-corrected chi connectivity index (χ4v) is 2.22. The van der Waals surface area contributed by atoms with Crippen molar-refractivity contribution in [3.05, 3.63) is 42.2 Å². The number of aliphatic hydroxyl groups excluding tert-OH is 1. The van der Waals surface area contributed by atoms with Gasteiger partial charge in [0, 0.05) is 17.8 Å². The maximum Gasteiger partial charge on any atom is 0.0517 e. The molecule has 2 atom stereocenters. The fraction of sp³-hybridized carbons (Fsp3) is 0.357. The molecule has 1 aromatic carbocycles. The van der Waals surface area contributed by atoms with E-state index >= 15 is 0 Å². The van der Waals surface area contributed by atoms with Crippen LogP contribution in [-0.2, 0) is 0 Å². The Kier molecular flexibility index (Phi) is 3.20. The van der Waals surface area contributed by atoms with E-state index < -0.39 is 0 Å². The molecule has 1 heterocycles. The minimum Gasteiger partial charge on any atom is -0.393 e. The van der Waals surface area contributed by atoms with Gasteiger partial charge in [-0.3, -0.25) is 4.98 Å². The van der Waals surface area contributed by atoms with Gasteiger partial charge in [-0.25, -0.2) is 0 Å². The lowest BCUT2D eigenvalue weighted by atomic mass is 9.92. The molecule has 0 aliphatic rings. The van der Waals surface area contributed by atoms with Crippen molar-refractivity contribution < 1.29 is 5.11 Å². The number of benzene rings is 1. The third-order valence-corrected chi connectivity index (χ3v) is 2.94. The molecular weight excluding hydrogens is 198 g/mol. The Hall–Kier alpha value is -1.41. The summed E-state index contributed by atoms with van der Waals surface area (Å²) in [6.07, 6.45) is 4.24. The molecule has 0 fully saturated rings. The summed E-state index contributed by atoms with van der Waals surface area (Å²) in [6, 6.07) is 8.30. The van der Waals surface area contributed by atoms with Crippen LogP contribution in [0.3, 0.4) is 0 Å². The van der Waals surface area contributed by atoms with Gasteiger partial charge in [-0.15, -0.1) is 0 Å². The number of pyridine rings is 1. The molecule has 2 rings (SSSR count). The molecule has 2 unspecified atom stereocenters. The molecule has 84 valence electrons. The number of fused-ring (bicyclic) bond motifs is 1. The van der Waals surface area contributed by atoms with Crippen molar-refractivity contribution >= 4 is 10.8 Å². The van der Waals surface area contributed by atoms with Gasteiger partial charge in [0.25, 0.3) is 0 Å². The van der Waals surface area contributed by atoms with Crippen LogP contribution in [0.5, 0.6) is 0 Å². The zero-order valence-electron chi connectivity index (χ0n) is 9.72. The quantitative estimate of drug-likeness (QED) is 0.853. The van der Waals surface area contributed by atoms with Crippen molar-refractivity contribution in [2.75, 3.05) is 0 Å². The molecular formula is C14H17NO. The zero-order valence-corrected chi connectivity index (χ0v) is 9.72. The summed E-state index contributed by atoms with van der Waals surface area (Å²) in [4.78, 5) is 4.12. The second-order valence-electron chi connectivity index (χ2n) is 4.43. The lowest BCUT2D eigenvalue weighted by Crippen LogP contribution is -2.06. The second kappa shape index (κ2) is 4.62. The molecule has 0 aliphatic carbocycles. The first-order valence-electron chi connectivity index (χ1n) is 5.69. The van der Waals surface area contributed by atoms with E-state index in [1.165, 1.54) is 10.9 Å². The molecule has 0 saturated heterocycles. The zero-order chi connectivity index (χ0) is 11.5. The average molecular weight is 215 g/mol. The maximum atomic E-state index is 9.44. The predicted molar refractivity (Wildman–Crippen MR) is 66.5 cm³/mol. The van der Waals surface area contributed by atoms with E-state index in [1.54, 1.807) is 0 Å². The lowest BCUT2D eigenvalue weighted by molar-refractivity contribution is 0.177. The predicted octanol–water partition coefficient (Wildman–Crippen LogP) is 3.11. The van der Waals surface area contributed by atoms with Crippen molar-refractivity contribution in [3.8, 4) is 0 Å². The van der Waals surface area contributed by atoms with E-state index in [0.29, 0.717) is 5.92 Å². The van der Waals surface area contributed by atoms with Gasteiger partial charge in [-0.2, -0.15) is 0 Å². The summed E-state index contributed by atoms with van der Waals surface area (Å²) < 4.78 is 0. The highest BCUT2D eigenvalue weighted by Crippen LogP contribution is 2.27. The normalized spacial score (nSPS) is 14.9. The Morgan fingerprint density at radius 2 is 2.06 bits per heavy atom. The van der Waals surface area contributed by atoms with Crippen molar-refractivity contribution in [1.29, 1.82) is 0 Å². The first-order valence-corrected chi connectivity index (χ1v) is 5.69. The van der Waals surface area contributed by atoms with Crippen LogP contribution >= 0.6 is 0 Å². The van der Waals surface area contributed by atoms with Gasteiger partial charge >= 0.3 is 0 Å². The minimum absolute atomic E-state index is 0.257. The van der Waals surface area contributed by atoms with Crippen molar-refractivity contribution in [2.45, 2.75) is 32.3 Å². The van der Waals surface area contributed by atoms with Crippen LogP contribution in [0.4, 0.5) is 0 Å². The Morgan fingerprint density at radius 1 is 1.25 bits per heavy atom. The van der Waals surface area contributed by atoms with Crippen molar-refractivity contribution in [1.82, 2.24) is 4.98 Å². The van der Waals surface area contributed by atoms with Crippen molar-refractivity contribution in [2.24, 2.45) is 0 Å². The molecule has 0 spiro atoms. The Bertz CT molecular complexity index is 474. The number of aliphatic hydroxyl groups is 1. The maximum absolute atomic E-state index is 9.44. The smallest absolute Gasteiger partial charge is 0.0517 e. The summed E-state index contributed by atoms with van der Waals surface area (Å²) in [5, 5.41) is 11.8. The van der Waals surface area contributed by atoms with Crippen LogP contribution in [0.1, 0.15) is 31.7 Å². The minimum atomic E-state index is -0.257. The molecule has 0 bridgehead atoms. The molecule has 2 aromatic rings. The van der Waals surface area contributed by atoms with E-state index in [9.17, 15) is 5.11 Å². The first-order chi connectivity index (χ1) is 7.68. The molecule has 1 N–H and O–H groups in total. The van der Waals surface area contributed by atoms with Crippen molar-refractivity contribution in [3.63, 3.8) is 0 Å². The topological polar surface area (TPSA) is 33.1 Å². The largest absolute Gasteiger partial charge is 0.393 e. The molecule has 2 nitrogen and oxygen atoms in total. The molecule has 0 saturated carbocycles. The Labute approximate surface area is 96.0 Å². The van der Waals surface area contributed by atoms with Crippen LogP contribution in [0.25, 0.3) is 10.8 Å². The summed E-state index contributed by atoms with van der Waals surface area (Å²) >= 11 is 0. The number of nitrogens with zero attached hydrogens (tertiary/aromatic N) is 1. The van der Waals surface area contributed by atoms with Gasteiger partial charge in [-0.1, -0.05) is 25.1 Å². The van der Waals surface area contributed by atoms with E-state index in [0.717, 1.165) is 11.8 Å². The van der Waals surface area contributed by atoms with Crippen LogP contribution in [-0.4, -0.2) is 16.2 Å². The highest BCUT2D eigenvalue weighted by atomic mass is 16.3. The van der Waals surface area contributed by atoms with Crippen LogP contribution in [0.2, 0.25) is 0 Å². The number of hydrogen-bond donors (Lipinski definition) is 1. The average Bonchev–Trinajstić information content (AvgIpc) is 2.27. The number of aromatic nitrogens is 1. The van der Waals surface area contributed by atoms with E-state index in [2.05, 4.69) is 30.1 Å². The summed E-state index contributed by atoms with van der Waals surface area (Å²) in [7, 11) is 0. The van der Waals surface area contributed by atoms with Gasteiger partial charge in [-0.05, 0) is 36.3 Å². The van der Waals surface area contributed by atoms with E-state index in [4.69, 9.17) is 0 Å². The number of rotatable bonds is 3. The van der Waals surface area contributed by atoms with Gasteiger partial charge in [0.2, 0.25) is 0 Å². The van der Waals surface area contributed by atoms with Crippen LogP contribution in [0, 0.1) is 0 Å². The van der Waals surface area contributed by atoms with E-state index in [1.807, 2.05) is 25.4 Å². The number of hydrogen-bond acceptors (Lipinski definition) is 2. The molecule has 1 aromatic heterocycles. The van der Waals surface area contributed by atoms with Crippen LogP contribution < -0.4 is 0 Å². The summed E-state index contributed by atoms with van der Waals surface area (Å²) in [5.41, 5.74) is 1.29. The lowest BCUT2D eigenvalue weighted by Gasteiger charge is -2.15. The van der Waals surface area contributed by atoms with Gasteiger partial charge in [0.1, 0.15) is 0 Å². The Morgan fingerprint density at radius 3 is 2.81 bits per heavy atom. The van der Waals surface area contributed by atoms with Gasteiger partial charge in [0.05, 0.1) is 6.10 Å². The summed E-state index contributed by atoms with van der Waals surface area (Å²) in [6.45, 7) is 3.99. The standard InChI is InChI=1S/C14H17NO/c1-10(8-11(2)16)13-5-3-4-12-9-15-7-6-14(12)13/h3-7,9-11,16H,8H2,1-2H3. The first kappa shape index (κ1) is 11.1. The van der Waals surface area contributed by atoms with Crippen LogP contribution in [0.15, 0.2) is 36.7 Å².